The molecule has 0 radical (unpaired) electrons. The van der Waals surface area contributed by atoms with E-state index in [4.69, 9.17) is 16.6 Å². The van der Waals surface area contributed by atoms with Crippen molar-refractivity contribution < 1.29 is 28.7 Å². The Morgan fingerprint density at radius 2 is 1.77 bits per heavy atom. The molecule has 236 valence electrons. The summed E-state index contributed by atoms with van der Waals surface area (Å²) in [6, 6.07) is 13.6. The van der Waals surface area contributed by atoms with E-state index >= 15 is 0 Å². The lowest BCUT2D eigenvalue weighted by molar-refractivity contribution is -0.142. The molecule has 4 atom stereocenters. The Bertz CT molecular complexity index is 1340. The van der Waals surface area contributed by atoms with Crippen molar-refractivity contribution in [2.45, 2.75) is 44.3 Å². The molecular weight excluding hydrogens is 571 g/mol. The summed E-state index contributed by atoms with van der Waals surface area (Å²) in [7, 11) is 0. The van der Waals surface area contributed by atoms with Crippen molar-refractivity contribution in [1.29, 1.82) is 0 Å². The summed E-state index contributed by atoms with van der Waals surface area (Å²) in [6.45, 7) is 0.258. The molecule has 0 bridgehead atoms. The van der Waals surface area contributed by atoms with Gasteiger partial charge >= 0.3 is 0 Å². The van der Waals surface area contributed by atoms with Crippen molar-refractivity contribution in [3.8, 4) is 0 Å². The lowest BCUT2D eigenvalue weighted by Crippen LogP contribution is -2.51. The molecule has 0 aliphatic carbocycles. The van der Waals surface area contributed by atoms with Crippen LogP contribution >= 0.6 is 0 Å². The Labute approximate surface area is 254 Å². The quantitative estimate of drug-likeness (QED) is 0.0922. The second kappa shape index (κ2) is 15.3. The number of aliphatic hydroxyl groups excluding tert-OH is 1. The standard InChI is InChI=1S/C30H39FN8O5/c31-21-9-7-20(8-10-21)17-38-24(16-25(41)34-12-4-14-40)26(22(28(38)43)11-13-35-30(32)33)27(42)37-39-18-36-23(29(39)44)15-19-5-2-1-3-6-19/h1-3,5-10,22-24,26,36,40H,4,11-18H2,(H,34,41)(H,37,42)(H4,32,33,35)/t22-,23+,24-,26+/m1/s1. The third-order valence-corrected chi connectivity index (χ3v) is 7.79. The predicted molar refractivity (Wildman–Crippen MR) is 159 cm³/mol. The molecule has 2 aliphatic heterocycles. The maximum absolute atomic E-state index is 13.9. The molecule has 44 heavy (non-hydrogen) atoms. The minimum Gasteiger partial charge on any atom is -0.396 e. The van der Waals surface area contributed by atoms with E-state index in [1.165, 1.54) is 34.2 Å². The number of hydrogen-bond donors (Lipinski definition) is 6. The number of amides is 4. The summed E-state index contributed by atoms with van der Waals surface area (Å²) in [4.78, 5) is 59.4. The van der Waals surface area contributed by atoms with E-state index in [9.17, 15) is 23.6 Å². The van der Waals surface area contributed by atoms with E-state index in [-0.39, 0.29) is 63.5 Å². The number of carbonyl (C=O) groups excluding carboxylic acids is 4. The summed E-state index contributed by atoms with van der Waals surface area (Å²) >= 11 is 0. The highest BCUT2D eigenvalue weighted by Gasteiger charge is 2.52. The Morgan fingerprint density at radius 3 is 2.45 bits per heavy atom. The molecule has 13 nitrogen and oxygen atoms in total. The maximum Gasteiger partial charge on any atom is 0.259 e. The van der Waals surface area contributed by atoms with E-state index in [2.05, 4.69) is 21.1 Å². The van der Waals surface area contributed by atoms with Crippen molar-refractivity contribution in [2.75, 3.05) is 26.4 Å². The second-order valence-electron chi connectivity index (χ2n) is 10.9. The number of guanidine groups is 1. The second-order valence-corrected chi connectivity index (χ2v) is 10.9. The van der Waals surface area contributed by atoms with Crippen LogP contribution in [-0.4, -0.2) is 83.1 Å². The molecular formula is C30H39FN8O5. The first-order chi connectivity index (χ1) is 21.2. The number of carbonyl (C=O) groups is 4. The number of halogens is 1. The van der Waals surface area contributed by atoms with Crippen LogP contribution in [0.15, 0.2) is 59.6 Å². The molecule has 0 unspecified atom stereocenters. The van der Waals surface area contributed by atoms with E-state index in [1.54, 1.807) is 0 Å². The number of nitrogens with one attached hydrogen (secondary N) is 3. The van der Waals surface area contributed by atoms with Crippen LogP contribution in [-0.2, 0) is 32.1 Å². The molecule has 2 saturated heterocycles. The van der Waals surface area contributed by atoms with E-state index in [0.717, 1.165) is 5.56 Å². The molecule has 14 heteroatoms. The van der Waals surface area contributed by atoms with Gasteiger partial charge in [0.25, 0.3) is 5.91 Å². The van der Waals surface area contributed by atoms with Crippen LogP contribution in [0.4, 0.5) is 4.39 Å². The van der Waals surface area contributed by atoms with Gasteiger partial charge in [-0.1, -0.05) is 42.5 Å². The maximum atomic E-state index is 13.9. The van der Waals surface area contributed by atoms with Crippen LogP contribution in [0, 0.1) is 17.7 Å². The number of rotatable bonds is 14. The van der Waals surface area contributed by atoms with E-state index in [1.807, 2.05) is 30.3 Å². The fourth-order valence-corrected chi connectivity index (χ4v) is 5.64. The summed E-state index contributed by atoms with van der Waals surface area (Å²) in [6.07, 6.45) is 0.670. The fourth-order valence-electron chi connectivity index (χ4n) is 5.64. The molecule has 2 aromatic rings. The number of benzene rings is 2. The van der Waals surface area contributed by atoms with Crippen molar-refractivity contribution in [2.24, 2.45) is 28.3 Å². The minimum atomic E-state index is -1.04. The van der Waals surface area contributed by atoms with Gasteiger partial charge in [0.1, 0.15) is 5.82 Å². The number of aliphatic imine (C=N–C) groups is 1. The lowest BCUT2D eigenvalue weighted by Gasteiger charge is -2.29. The molecule has 8 N–H and O–H groups in total. The molecule has 0 spiro atoms. The van der Waals surface area contributed by atoms with Gasteiger partial charge in [-0.05, 0) is 42.5 Å². The zero-order valence-corrected chi connectivity index (χ0v) is 24.3. The van der Waals surface area contributed by atoms with Gasteiger partial charge in [-0.2, -0.15) is 0 Å². The van der Waals surface area contributed by atoms with Crippen molar-refractivity contribution in [3.05, 3.63) is 71.5 Å². The summed E-state index contributed by atoms with van der Waals surface area (Å²) in [5, 5.41) is 16.1. The summed E-state index contributed by atoms with van der Waals surface area (Å²) in [5.41, 5.74) is 15.2. The summed E-state index contributed by atoms with van der Waals surface area (Å²) < 4.78 is 13.6. The number of hydrazine groups is 1. The number of nitrogens with two attached hydrogens (primary N) is 2. The van der Waals surface area contributed by atoms with Gasteiger partial charge in [0.2, 0.25) is 17.7 Å². The zero-order chi connectivity index (χ0) is 31.6. The monoisotopic (exact) mass is 610 g/mol. The number of aliphatic hydroxyl groups is 1. The molecule has 0 saturated carbocycles. The molecule has 4 rings (SSSR count). The third-order valence-electron chi connectivity index (χ3n) is 7.79. The average molecular weight is 611 g/mol. The first-order valence-corrected chi connectivity index (χ1v) is 14.5. The van der Waals surface area contributed by atoms with Gasteiger partial charge < -0.3 is 26.8 Å². The van der Waals surface area contributed by atoms with Crippen molar-refractivity contribution in [3.63, 3.8) is 0 Å². The highest BCUT2D eigenvalue weighted by atomic mass is 19.1. The number of hydrogen-bond acceptors (Lipinski definition) is 7. The van der Waals surface area contributed by atoms with Gasteiger partial charge in [0.05, 0.1) is 30.6 Å². The highest BCUT2D eigenvalue weighted by Crippen LogP contribution is 2.37. The Balaban J connectivity index is 1.58. The van der Waals surface area contributed by atoms with Gasteiger partial charge in [-0.3, -0.25) is 34.9 Å². The van der Waals surface area contributed by atoms with Crippen LogP contribution in [0.25, 0.3) is 0 Å². The molecule has 2 fully saturated rings. The van der Waals surface area contributed by atoms with Crippen molar-refractivity contribution in [1.82, 2.24) is 26.0 Å². The van der Waals surface area contributed by atoms with Gasteiger partial charge in [-0.25, -0.2) is 9.40 Å². The lowest BCUT2D eigenvalue weighted by atomic mass is 9.85. The van der Waals surface area contributed by atoms with Crippen LogP contribution in [0.1, 0.15) is 30.4 Å². The minimum absolute atomic E-state index is 0.0274. The Kier molecular flexibility index (Phi) is 11.2. The molecule has 4 amide bonds. The van der Waals surface area contributed by atoms with Crippen LogP contribution < -0.4 is 27.5 Å². The van der Waals surface area contributed by atoms with Crippen LogP contribution in [0.5, 0.6) is 0 Å². The molecule has 2 aliphatic rings. The van der Waals surface area contributed by atoms with Crippen molar-refractivity contribution >= 4 is 29.6 Å². The predicted octanol–water partition coefficient (Wildman–Crippen LogP) is -0.647. The Morgan fingerprint density at radius 1 is 1.05 bits per heavy atom. The number of nitrogens with zero attached hydrogens (tertiary/aromatic N) is 3. The van der Waals surface area contributed by atoms with Gasteiger partial charge in [-0.15, -0.1) is 0 Å². The molecule has 2 heterocycles. The molecule has 2 aromatic carbocycles. The largest absolute Gasteiger partial charge is 0.396 e. The Hall–Kier alpha value is -4.56. The third kappa shape index (κ3) is 8.29. The zero-order valence-electron chi connectivity index (χ0n) is 24.3. The van der Waals surface area contributed by atoms with E-state index < -0.39 is 41.6 Å². The summed E-state index contributed by atoms with van der Waals surface area (Å²) in [5.74, 6) is -4.28. The first kappa shape index (κ1) is 32.4. The number of likely N-dealkylation sites (tertiary alicyclic amines) is 1. The molecule has 0 aromatic heterocycles. The average Bonchev–Trinajstić information content (AvgIpc) is 3.46. The van der Waals surface area contributed by atoms with Crippen LogP contribution in [0.3, 0.4) is 0 Å². The smallest absolute Gasteiger partial charge is 0.259 e. The SMILES string of the molecule is NC(N)=NCC[C@H]1C(=O)N(Cc2ccc(F)cc2)[C@H](CC(=O)NCCCO)[C@H]1C(=O)NN1CN[C@@H](Cc2ccccc2)C1=O. The van der Waals surface area contributed by atoms with Gasteiger partial charge in [0.15, 0.2) is 5.96 Å². The topological polar surface area (TPSA) is 195 Å². The fraction of sp³-hybridized carbons (Fsp3) is 0.433. The first-order valence-electron chi connectivity index (χ1n) is 14.5. The van der Waals surface area contributed by atoms with Gasteiger partial charge in [0, 0.05) is 32.7 Å². The normalized spacial score (nSPS) is 21.4. The van der Waals surface area contributed by atoms with E-state index in [0.29, 0.717) is 18.4 Å². The highest BCUT2D eigenvalue weighted by molar-refractivity contribution is 5.95. The van der Waals surface area contributed by atoms with Crippen LogP contribution in [0.2, 0.25) is 0 Å².